The van der Waals surface area contributed by atoms with Gasteiger partial charge in [0.05, 0.1) is 9.51 Å². The first kappa shape index (κ1) is 20.3. The molecule has 0 atom stereocenters. The number of amides is 1. The van der Waals surface area contributed by atoms with Crippen molar-refractivity contribution in [2.75, 3.05) is 36.5 Å². The highest BCUT2D eigenvalue weighted by Crippen LogP contribution is 2.45. The van der Waals surface area contributed by atoms with Crippen molar-refractivity contribution in [1.82, 2.24) is 5.32 Å². The quantitative estimate of drug-likeness (QED) is 0.364. The molecule has 1 fully saturated rings. The number of non-ortho nitro benzene ring substituents is 1. The van der Waals surface area contributed by atoms with E-state index in [4.69, 9.17) is 4.74 Å². The molecule has 1 aliphatic rings. The molecule has 2 aromatic rings. The second kappa shape index (κ2) is 10.2. The van der Waals surface area contributed by atoms with Crippen LogP contribution in [0.2, 0.25) is 0 Å². The third-order valence-electron chi connectivity index (χ3n) is 4.00. The summed E-state index contributed by atoms with van der Waals surface area (Å²) in [5.41, 5.74) is 2.08. The van der Waals surface area contributed by atoms with E-state index in [1.54, 1.807) is 12.1 Å². The predicted octanol–water partition coefficient (Wildman–Crippen LogP) is 3.68. The van der Waals surface area contributed by atoms with Gasteiger partial charge in [-0.25, -0.2) is 0 Å². The molecule has 3 rings (SSSR count). The number of nitrogens with zero attached hydrogens (tertiary/aromatic N) is 1. The van der Waals surface area contributed by atoms with Crippen molar-refractivity contribution in [2.24, 2.45) is 0 Å². The third-order valence-corrected chi connectivity index (χ3v) is 7.10. The Bertz CT molecular complexity index is 794. The first-order valence-corrected chi connectivity index (χ1v) is 10.9. The SMILES string of the molecule is O=C(COc1ccc(C2SCCS2)cc1)NCCNc1ccc([N+](=O)[O-])cc1. The van der Waals surface area contributed by atoms with Crippen LogP contribution in [-0.4, -0.2) is 42.0 Å². The van der Waals surface area contributed by atoms with Gasteiger partial charge in [0.25, 0.3) is 11.6 Å². The van der Waals surface area contributed by atoms with Crippen LogP contribution in [0.25, 0.3) is 0 Å². The molecule has 0 aromatic heterocycles. The van der Waals surface area contributed by atoms with Crippen LogP contribution in [0.3, 0.4) is 0 Å². The van der Waals surface area contributed by atoms with Gasteiger partial charge < -0.3 is 15.4 Å². The van der Waals surface area contributed by atoms with Gasteiger partial charge in [0, 0.05) is 42.4 Å². The van der Waals surface area contributed by atoms with Gasteiger partial charge in [-0.1, -0.05) is 12.1 Å². The number of benzene rings is 2. The van der Waals surface area contributed by atoms with E-state index >= 15 is 0 Å². The fourth-order valence-electron chi connectivity index (χ4n) is 2.58. The summed E-state index contributed by atoms with van der Waals surface area (Å²) in [7, 11) is 0. The Morgan fingerprint density at radius 3 is 2.39 bits per heavy atom. The molecule has 0 aliphatic carbocycles. The summed E-state index contributed by atoms with van der Waals surface area (Å²) < 4.78 is 6.03. The molecular weight excluding hydrogens is 398 g/mol. The van der Waals surface area contributed by atoms with Crippen molar-refractivity contribution in [3.05, 3.63) is 64.2 Å². The minimum atomic E-state index is -0.440. The number of nitro groups is 1. The van der Waals surface area contributed by atoms with E-state index in [1.165, 1.54) is 29.2 Å². The monoisotopic (exact) mass is 419 g/mol. The highest BCUT2D eigenvalue weighted by molar-refractivity contribution is 8.19. The van der Waals surface area contributed by atoms with Crippen molar-refractivity contribution in [1.29, 1.82) is 0 Å². The first-order valence-electron chi connectivity index (χ1n) is 8.83. The lowest BCUT2D eigenvalue weighted by atomic mass is 10.2. The molecule has 9 heteroatoms. The molecule has 2 aromatic carbocycles. The topological polar surface area (TPSA) is 93.5 Å². The van der Waals surface area contributed by atoms with Gasteiger partial charge in [0.2, 0.25) is 0 Å². The largest absolute Gasteiger partial charge is 0.484 e. The standard InChI is InChI=1S/C19H21N3O4S2/c23-18(21-10-9-20-15-3-5-16(6-4-15)22(24)25)13-26-17-7-1-14(2-8-17)19-27-11-12-28-19/h1-8,19-20H,9-13H2,(H,21,23). The zero-order valence-electron chi connectivity index (χ0n) is 15.1. The Kier molecular flexibility index (Phi) is 7.44. The van der Waals surface area contributed by atoms with E-state index in [2.05, 4.69) is 22.8 Å². The van der Waals surface area contributed by atoms with Crippen molar-refractivity contribution in [3.63, 3.8) is 0 Å². The van der Waals surface area contributed by atoms with Gasteiger partial charge in [0.15, 0.2) is 6.61 Å². The fourth-order valence-corrected chi connectivity index (χ4v) is 5.44. The molecule has 148 valence electrons. The van der Waals surface area contributed by atoms with Crippen molar-refractivity contribution in [2.45, 2.75) is 4.58 Å². The van der Waals surface area contributed by atoms with Crippen LogP contribution in [0.1, 0.15) is 10.1 Å². The van der Waals surface area contributed by atoms with Gasteiger partial charge in [-0.2, -0.15) is 0 Å². The number of nitro benzene ring substituents is 1. The summed E-state index contributed by atoms with van der Waals surface area (Å²) in [6.45, 7) is 0.896. The van der Waals surface area contributed by atoms with Crippen LogP contribution >= 0.6 is 23.5 Å². The van der Waals surface area contributed by atoms with Crippen LogP contribution in [0.4, 0.5) is 11.4 Å². The van der Waals surface area contributed by atoms with E-state index in [0.717, 1.165) is 5.69 Å². The van der Waals surface area contributed by atoms with Gasteiger partial charge in [-0.3, -0.25) is 14.9 Å². The van der Waals surface area contributed by atoms with E-state index in [9.17, 15) is 14.9 Å². The van der Waals surface area contributed by atoms with Gasteiger partial charge in [0.1, 0.15) is 5.75 Å². The minimum absolute atomic E-state index is 0.0379. The minimum Gasteiger partial charge on any atom is -0.484 e. The Balaban J connectivity index is 1.32. The van der Waals surface area contributed by atoms with Gasteiger partial charge in [-0.05, 0) is 29.8 Å². The number of rotatable bonds is 9. The number of anilines is 1. The number of hydrogen-bond donors (Lipinski definition) is 2. The van der Waals surface area contributed by atoms with Crippen LogP contribution in [0, 0.1) is 10.1 Å². The summed E-state index contributed by atoms with van der Waals surface area (Å²) in [4.78, 5) is 22.0. The number of thioether (sulfide) groups is 2. The summed E-state index contributed by atoms with van der Waals surface area (Å²) >= 11 is 3.91. The average molecular weight is 420 g/mol. The Hall–Kier alpha value is -2.39. The van der Waals surface area contributed by atoms with E-state index in [0.29, 0.717) is 23.4 Å². The average Bonchev–Trinajstić information content (AvgIpc) is 3.25. The number of nitrogens with one attached hydrogen (secondary N) is 2. The molecular formula is C19H21N3O4S2. The van der Waals surface area contributed by atoms with E-state index < -0.39 is 4.92 Å². The lowest BCUT2D eigenvalue weighted by Crippen LogP contribution is -2.32. The number of ether oxygens (including phenoxy) is 1. The smallest absolute Gasteiger partial charge is 0.269 e. The molecule has 0 saturated carbocycles. The third kappa shape index (κ3) is 6.07. The fraction of sp³-hybridized carbons (Fsp3) is 0.316. The number of hydrogen-bond acceptors (Lipinski definition) is 7. The van der Waals surface area contributed by atoms with Crippen LogP contribution in [0.15, 0.2) is 48.5 Å². The summed E-state index contributed by atoms with van der Waals surface area (Å²) in [5.74, 6) is 2.85. The molecule has 1 aliphatic heterocycles. The molecule has 1 heterocycles. The highest BCUT2D eigenvalue weighted by Gasteiger charge is 2.17. The lowest BCUT2D eigenvalue weighted by Gasteiger charge is -2.11. The van der Waals surface area contributed by atoms with E-state index in [1.807, 2.05) is 35.7 Å². The van der Waals surface area contributed by atoms with E-state index in [-0.39, 0.29) is 18.2 Å². The lowest BCUT2D eigenvalue weighted by molar-refractivity contribution is -0.384. The van der Waals surface area contributed by atoms with Crippen molar-refractivity contribution in [3.8, 4) is 5.75 Å². The van der Waals surface area contributed by atoms with Gasteiger partial charge in [-0.15, -0.1) is 23.5 Å². The second-order valence-corrected chi connectivity index (χ2v) is 8.74. The predicted molar refractivity (Wildman–Crippen MR) is 114 cm³/mol. The Labute approximate surface area is 171 Å². The maximum absolute atomic E-state index is 11.9. The molecule has 1 saturated heterocycles. The molecule has 0 radical (unpaired) electrons. The zero-order valence-corrected chi connectivity index (χ0v) is 16.8. The molecule has 1 amide bonds. The van der Waals surface area contributed by atoms with Crippen LogP contribution < -0.4 is 15.4 Å². The molecule has 2 N–H and O–H groups in total. The van der Waals surface area contributed by atoms with Crippen LogP contribution in [0.5, 0.6) is 5.75 Å². The van der Waals surface area contributed by atoms with Gasteiger partial charge >= 0.3 is 0 Å². The highest BCUT2D eigenvalue weighted by atomic mass is 32.2. The molecule has 0 unspecified atom stereocenters. The maximum atomic E-state index is 11.9. The number of carbonyl (C=O) groups is 1. The summed E-state index contributed by atoms with van der Waals surface area (Å²) in [6, 6.07) is 14.0. The first-order chi connectivity index (χ1) is 13.6. The maximum Gasteiger partial charge on any atom is 0.269 e. The molecule has 28 heavy (non-hydrogen) atoms. The molecule has 0 bridgehead atoms. The second-order valence-electron chi connectivity index (χ2n) is 6.01. The summed E-state index contributed by atoms with van der Waals surface area (Å²) in [5, 5.41) is 16.5. The zero-order chi connectivity index (χ0) is 19.8. The molecule has 0 spiro atoms. The van der Waals surface area contributed by atoms with Crippen LogP contribution in [-0.2, 0) is 4.79 Å². The number of carbonyl (C=O) groups excluding carboxylic acids is 1. The normalized spacial score (nSPS) is 13.9. The Morgan fingerprint density at radius 1 is 1.07 bits per heavy atom. The van der Waals surface area contributed by atoms with Crippen molar-refractivity contribution < 1.29 is 14.5 Å². The summed E-state index contributed by atoms with van der Waals surface area (Å²) in [6.07, 6.45) is 0. The van der Waals surface area contributed by atoms with Crippen molar-refractivity contribution >= 4 is 40.8 Å². The Morgan fingerprint density at radius 2 is 1.75 bits per heavy atom. The molecule has 7 nitrogen and oxygen atoms in total.